The highest BCUT2D eigenvalue weighted by molar-refractivity contribution is 7.20. The summed E-state index contributed by atoms with van der Waals surface area (Å²) in [5, 5.41) is 9.21. The van der Waals surface area contributed by atoms with Gasteiger partial charge in [-0.25, -0.2) is 4.98 Å². The third kappa shape index (κ3) is 3.52. The van der Waals surface area contributed by atoms with E-state index < -0.39 is 5.41 Å². The summed E-state index contributed by atoms with van der Waals surface area (Å²) < 4.78 is 0. The molecule has 1 fully saturated rings. The van der Waals surface area contributed by atoms with Gasteiger partial charge in [-0.15, -0.1) is 11.3 Å². The molecule has 2 aromatic rings. The molecule has 1 aliphatic rings. The molecule has 0 aromatic carbocycles. The molecule has 142 valence electrons. The molecule has 27 heavy (non-hydrogen) atoms. The second-order valence-corrected chi connectivity index (χ2v) is 8.56. The molecule has 0 spiro atoms. The van der Waals surface area contributed by atoms with E-state index in [0.717, 1.165) is 28.8 Å². The monoisotopic (exact) mass is 385 g/mol. The number of likely N-dealkylation sites (tertiary alicyclic amines) is 1. The Hall–Kier alpha value is -2.53. The Balaban J connectivity index is 1.89. The van der Waals surface area contributed by atoms with Gasteiger partial charge in [0.1, 0.15) is 15.8 Å². The quantitative estimate of drug-likeness (QED) is 0.810. The Kier molecular flexibility index (Phi) is 5.16. The van der Waals surface area contributed by atoms with Crippen LogP contribution in [0.4, 0.5) is 0 Å². The summed E-state index contributed by atoms with van der Waals surface area (Å²) in [6.45, 7) is 4.44. The number of nitriles is 1. The van der Waals surface area contributed by atoms with Crippen LogP contribution >= 0.6 is 11.3 Å². The van der Waals surface area contributed by atoms with Crippen molar-refractivity contribution in [3.05, 3.63) is 22.8 Å². The first kappa shape index (κ1) is 19.2. The van der Waals surface area contributed by atoms with Gasteiger partial charge in [-0.1, -0.05) is 0 Å². The molecule has 0 N–H and O–H groups in total. The zero-order valence-corrected chi connectivity index (χ0v) is 16.8. The van der Waals surface area contributed by atoms with Gasteiger partial charge in [-0.2, -0.15) is 5.26 Å². The van der Waals surface area contributed by atoms with E-state index in [4.69, 9.17) is 0 Å². The Morgan fingerprint density at radius 2 is 1.89 bits per heavy atom. The van der Waals surface area contributed by atoms with Crippen LogP contribution in [0, 0.1) is 16.7 Å². The van der Waals surface area contributed by atoms with E-state index in [0.29, 0.717) is 18.0 Å². The van der Waals surface area contributed by atoms with E-state index >= 15 is 0 Å². The number of fused-ring (bicyclic) bond motifs is 1. The van der Waals surface area contributed by atoms with Crippen molar-refractivity contribution in [3.8, 4) is 6.07 Å². The molecule has 7 nitrogen and oxygen atoms in total. The molecule has 0 unspecified atom stereocenters. The lowest BCUT2D eigenvalue weighted by atomic mass is 9.86. The first-order chi connectivity index (χ1) is 12.8. The van der Waals surface area contributed by atoms with Crippen LogP contribution in [0.3, 0.4) is 0 Å². The number of thiophene rings is 1. The summed E-state index contributed by atoms with van der Waals surface area (Å²) in [4.78, 5) is 38.9. The van der Waals surface area contributed by atoms with Gasteiger partial charge in [0.05, 0.1) is 10.9 Å². The number of carbonyl (C=O) groups excluding carboxylic acids is 2. The summed E-state index contributed by atoms with van der Waals surface area (Å²) in [5.41, 5.74) is 0.725. The van der Waals surface area contributed by atoms with E-state index in [2.05, 4.69) is 16.0 Å². The summed E-state index contributed by atoms with van der Waals surface area (Å²) in [7, 11) is 3.48. The lowest BCUT2D eigenvalue weighted by Crippen LogP contribution is -2.44. The molecule has 0 aliphatic carbocycles. The van der Waals surface area contributed by atoms with Gasteiger partial charge < -0.3 is 9.80 Å². The number of nitrogens with zero attached hydrogens (tertiary/aromatic N) is 5. The molecule has 3 rings (SSSR count). The Morgan fingerprint density at radius 3 is 2.48 bits per heavy atom. The highest BCUT2D eigenvalue weighted by atomic mass is 32.1. The highest BCUT2D eigenvalue weighted by Gasteiger charge is 2.36. The van der Waals surface area contributed by atoms with Crippen molar-refractivity contribution in [3.63, 3.8) is 0 Å². The number of hydrogen-bond acceptors (Lipinski definition) is 6. The van der Waals surface area contributed by atoms with E-state index in [1.165, 1.54) is 11.3 Å². The first-order valence-electron chi connectivity index (χ1n) is 8.92. The molecule has 2 amide bonds. The maximum absolute atomic E-state index is 12.7. The Labute approximate surface area is 162 Å². The van der Waals surface area contributed by atoms with Gasteiger partial charge >= 0.3 is 0 Å². The van der Waals surface area contributed by atoms with Crippen LogP contribution in [-0.2, 0) is 4.79 Å². The summed E-state index contributed by atoms with van der Waals surface area (Å²) in [6, 6.07) is 2.08. The van der Waals surface area contributed by atoms with Crippen molar-refractivity contribution < 1.29 is 9.59 Å². The Morgan fingerprint density at radius 1 is 1.26 bits per heavy atom. The van der Waals surface area contributed by atoms with Crippen molar-refractivity contribution in [2.45, 2.75) is 32.6 Å². The van der Waals surface area contributed by atoms with Crippen LogP contribution in [0.5, 0.6) is 0 Å². The largest absolute Gasteiger partial charge is 0.344 e. The van der Waals surface area contributed by atoms with Crippen molar-refractivity contribution in [1.82, 2.24) is 19.8 Å². The van der Waals surface area contributed by atoms with Crippen molar-refractivity contribution in [1.29, 1.82) is 5.26 Å². The number of aromatic nitrogens is 2. The van der Waals surface area contributed by atoms with Crippen LogP contribution in [-0.4, -0.2) is 58.8 Å². The maximum Gasteiger partial charge on any atom is 0.263 e. The summed E-state index contributed by atoms with van der Waals surface area (Å²) >= 11 is 1.38. The molecular formula is C19H23N5O2S. The van der Waals surface area contributed by atoms with E-state index in [1.54, 1.807) is 50.1 Å². The number of amides is 2. The normalized spacial score (nSPS) is 15.6. The average Bonchev–Trinajstić information content (AvgIpc) is 3.06. The summed E-state index contributed by atoms with van der Waals surface area (Å²) in [6.07, 6.45) is 4.76. The minimum atomic E-state index is -1.01. The molecule has 0 saturated carbocycles. The fourth-order valence-corrected chi connectivity index (χ4v) is 4.61. The predicted molar refractivity (Wildman–Crippen MR) is 103 cm³/mol. The number of carbonyl (C=O) groups is 2. The lowest BCUT2D eigenvalue weighted by molar-refractivity contribution is -0.138. The Bertz CT molecular complexity index is 920. The summed E-state index contributed by atoms with van der Waals surface area (Å²) in [5.74, 6) is -0.0365. The van der Waals surface area contributed by atoms with E-state index in [-0.39, 0.29) is 17.7 Å². The second kappa shape index (κ2) is 7.24. The van der Waals surface area contributed by atoms with Gasteiger partial charge in [0, 0.05) is 45.1 Å². The third-order valence-electron chi connectivity index (χ3n) is 4.97. The zero-order chi connectivity index (χ0) is 19.8. The van der Waals surface area contributed by atoms with Crippen molar-refractivity contribution >= 4 is 33.5 Å². The van der Waals surface area contributed by atoms with Gasteiger partial charge in [-0.3, -0.25) is 14.6 Å². The first-order valence-corrected chi connectivity index (χ1v) is 9.73. The number of rotatable bonds is 3. The van der Waals surface area contributed by atoms with Gasteiger partial charge in [0.2, 0.25) is 5.91 Å². The molecular weight excluding hydrogens is 362 g/mol. The molecule has 8 heteroatoms. The third-order valence-corrected chi connectivity index (χ3v) is 6.06. The minimum absolute atomic E-state index is 0.0427. The fraction of sp³-hybridized carbons (Fsp3) is 0.526. The van der Waals surface area contributed by atoms with Gasteiger partial charge in [-0.05, 0) is 32.6 Å². The van der Waals surface area contributed by atoms with Crippen LogP contribution in [0.2, 0.25) is 0 Å². The highest BCUT2D eigenvalue weighted by Crippen LogP contribution is 2.39. The molecule has 0 radical (unpaired) electrons. The molecule has 0 bridgehead atoms. The topological polar surface area (TPSA) is 90.2 Å². The second-order valence-electron chi connectivity index (χ2n) is 7.56. The lowest BCUT2D eigenvalue weighted by Gasteiger charge is -2.35. The van der Waals surface area contributed by atoms with E-state index in [9.17, 15) is 14.9 Å². The molecule has 2 aromatic heterocycles. The van der Waals surface area contributed by atoms with E-state index in [1.807, 2.05) is 0 Å². The molecule has 0 atom stereocenters. The smallest absolute Gasteiger partial charge is 0.263 e. The molecule has 1 aliphatic heterocycles. The fourth-order valence-electron chi connectivity index (χ4n) is 3.40. The molecule has 3 heterocycles. The van der Waals surface area contributed by atoms with Crippen LogP contribution < -0.4 is 0 Å². The van der Waals surface area contributed by atoms with Crippen molar-refractivity contribution in [2.75, 3.05) is 27.2 Å². The van der Waals surface area contributed by atoms with Crippen LogP contribution in [0.15, 0.2) is 12.4 Å². The maximum atomic E-state index is 12.7. The molecule has 1 saturated heterocycles. The number of piperidine rings is 1. The zero-order valence-electron chi connectivity index (χ0n) is 16.0. The SMILES string of the molecule is CN(C)C(=O)c1sc2nccnc2c1C1CCN(C(=O)C(C)(C)C#N)CC1. The van der Waals surface area contributed by atoms with Gasteiger partial charge in [0.25, 0.3) is 5.91 Å². The van der Waals surface area contributed by atoms with Crippen LogP contribution in [0.1, 0.15) is 47.8 Å². The number of hydrogen-bond donors (Lipinski definition) is 0. The predicted octanol–water partition coefficient (Wildman–Crippen LogP) is 2.65. The standard InChI is InChI=1S/C19H23N5O2S/c1-19(2,11-20)18(26)24-9-5-12(6-10-24)13-14-16(22-8-7-21-14)27-15(13)17(25)23(3)4/h7-8,12H,5-6,9-10H2,1-4H3. The minimum Gasteiger partial charge on any atom is -0.344 e. The van der Waals surface area contributed by atoms with Crippen molar-refractivity contribution in [2.24, 2.45) is 5.41 Å². The van der Waals surface area contributed by atoms with Crippen LogP contribution in [0.25, 0.3) is 10.3 Å². The average molecular weight is 385 g/mol. The van der Waals surface area contributed by atoms with Gasteiger partial charge in [0.15, 0.2) is 0 Å².